The molecule has 0 unspecified atom stereocenters. The van der Waals surface area contributed by atoms with E-state index in [-0.39, 0.29) is 11.9 Å². The van der Waals surface area contributed by atoms with Crippen molar-refractivity contribution in [1.82, 2.24) is 0 Å². The minimum absolute atomic E-state index is 0.210. The summed E-state index contributed by atoms with van der Waals surface area (Å²) in [7, 11) is 0. The van der Waals surface area contributed by atoms with E-state index < -0.39 is 0 Å². The molecule has 80 valence electrons. The van der Waals surface area contributed by atoms with Crippen LogP contribution in [0.1, 0.15) is 44.9 Å². The first-order valence-electron chi connectivity index (χ1n) is 5.79. The Kier molecular flexibility index (Phi) is 3.24. The van der Waals surface area contributed by atoms with Crippen LogP contribution in [0.4, 0.5) is 0 Å². The van der Waals surface area contributed by atoms with Crippen molar-refractivity contribution in [1.29, 1.82) is 0 Å². The summed E-state index contributed by atoms with van der Waals surface area (Å²) >= 11 is 0. The third-order valence-electron chi connectivity index (χ3n) is 3.24. The molecule has 2 aliphatic rings. The van der Waals surface area contributed by atoms with Gasteiger partial charge in [-0.05, 0) is 25.7 Å². The molecule has 2 saturated heterocycles. The van der Waals surface area contributed by atoms with Crippen LogP contribution in [0.25, 0.3) is 0 Å². The molecule has 2 heterocycles. The van der Waals surface area contributed by atoms with Crippen LogP contribution in [0.3, 0.4) is 0 Å². The van der Waals surface area contributed by atoms with Crippen molar-refractivity contribution < 1.29 is 9.47 Å². The summed E-state index contributed by atoms with van der Waals surface area (Å²) in [5, 5.41) is 0. The van der Waals surface area contributed by atoms with Crippen LogP contribution in [0.2, 0.25) is 0 Å². The summed E-state index contributed by atoms with van der Waals surface area (Å²) in [5.41, 5.74) is 0. The molecular formula is C12H20O2. The van der Waals surface area contributed by atoms with Crippen molar-refractivity contribution in [3.63, 3.8) is 0 Å². The number of hydrogen-bond acceptors (Lipinski definition) is 2. The van der Waals surface area contributed by atoms with Gasteiger partial charge >= 0.3 is 0 Å². The highest BCUT2D eigenvalue weighted by atomic mass is 16.7. The summed E-state index contributed by atoms with van der Waals surface area (Å²) < 4.78 is 11.9. The van der Waals surface area contributed by atoms with Crippen LogP contribution in [-0.4, -0.2) is 18.5 Å². The molecule has 0 radical (unpaired) electrons. The lowest BCUT2D eigenvalue weighted by Crippen LogP contribution is -2.42. The van der Waals surface area contributed by atoms with E-state index in [4.69, 9.17) is 9.47 Å². The molecule has 2 rings (SSSR count). The molecule has 2 aliphatic heterocycles. The van der Waals surface area contributed by atoms with Crippen LogP contribution in [0.15, 0.2) is 12.7 Å². The van der Waals surface area contributed by atoms with E-state index in [9.17, 15) is 0 Å². The largest absolute Gasteiger partial charge is 0.350 e. The molecule has 2 fully saturated rings. The fourth-order valence-corrected chi connectivity index (χ4v) is 2.43. The average molecular weight is 196 g/mol. The Balaban J connectivity index is 2.00. The van der Waals surface area contributed by atoms with Crippen LogP contribution >= 0.6 is 0 Å². The molecule has 0 aliphatic carbocycles. The quantitative estimate of drug-likeness (QED) is 0.600. The van der Waals surface area contributed by atoms with Crippen LogP contribution in [0.5, 0.6) is 0 Å². The molecule has 2 atom stereocenters. The molecule has 0 N–H and O–H groups in total. The molecular weight excluding hydrogens is 176 g/mol. The molecule has 2 heteroatoms. The molecule has 0 bridgehead atoms. The number of ether oxygens (including phenoxy) is 2. The molecule has 14 heavy (non-hydrogen) atoms. The van der Waals surface area contributed by atoms with Gasteiger partial charge in [0, 0.05) is 12.8 Å². The second-order valence-corrected chi connectivity index (χ2v) is 4.35. The third kappa shape index (κ3) is 2.18. The lowest BCUT2D eigenvalue weighted by molar-refractivity contribution is -0.270. The highest BCUT2D eigenvalue weighted by Gasteiger charge is 2.37. The fraction of sp³-hybridized carbons (Fsp3) is 0.833. The monoisotopic (exact) mass is 196 g/mol. The Hall–Kier alpha value is -0.340. The molecule has 0 amide bonds. The zero-order valence-electron chi connectivity index (χ0n) is 8.84. The number of hydrogen-bond donors (Lipinski definition) is 0. The predicted octanol–water partition coefficient (Wildman–Crippen LogP) is 3.03. The molecule has 1 spiro atoms. The normalized spacial score (nSPS) is 39.3. The maximum absolute atomic E-state index is 6.00. The lowest BCUT2D eigenvalue weighted by Gasteiger charge is -2.39. The minimum atomic E-state index is -0.256. The zero-order chi connectivity index (χ0) is 9.86. The van der Waals surface area contributed by atoms with E-state index in [1.165, 1.54) is 25.7 Å². The van der Waals surface area contributed by atoms with Crippen molar-refractivity contribution in [2.45, 2.75) is 56.8 Å². The zero-order valence-corrected chi connectivity index (χ0v) is 8.84. The van der Waals surface area contributed by atoms with E-state index in [0.29, 0.717) is 0 Å². The van der Waals surface area contributed by atoms with Crippen molar-refractivity contribution in [2.75, 3.05) is 6.61 Å². The van der Waals surface area contributed by atoms with Gasteiger partial charge in [-0.1, -0.05) is 12.5 Å². The SMILES string of the molecule is C=C[C@H]1CCC[C@@]2(CCCCCO2)O1. The predicted molar refractivity (Wildman–Crippen MR) is 56.1 cm³/mol. The second kappa shape index (κ2) is 4.45. The van der Waals surface area contributed by atoms with Gasteiger partial charge < -0.3 is 9.47 Å². The molecule has 2 nitrogen and oxygen atoms in total. The lowest BCUT2D eigenvalue weighted by atomic mass is 9.97. The second-order valence-electron chi connectivity index (χ2n) is 4.35. The van der Waals surface area contributed by atoms with Crippen molar-refractivity contribution in [3.8, 4) is 0 Å². The maximum atomic E-state index is 6.00. The smallest absolute Gasteiger partial charge is 0.169 e. The molecule has 0 aromatic heterocycles. The van der Waals surface area contributed by atoms with Crippen molar-refractivity contribution in [2.24, 2.45) is 0 Å². The van der Waals surface area contributed by atoms with Gasteiger partial charge in [-0.15, -0.1) is 6.58 Å². The van der Waals surface area contributed by atoms with Gasteiger partial charge in [0.2, 0.25) is 0 Å². The van der Waals surface area contributed by atoms with Gasteiger partial charge in [0.1, 0.15) is 0 Å². The highest BCUT2D eigenvalue weighted by Crippen LogP contribution is 2.36. The van der Waals surface area contributed by atoms with Crippen LogP contribution < -0.4 is 0 Å². The van der Waals surface area contributed by atoms with Gasteiger partial charge in [0.15, 0.2) is 5.79 Å². The van der Waals surface area contributed by atoms with E-state index in [1.807, 2.05) is 6.08 Å². The van der Waals surface area contributed by atoms with Gasteiger partial charge in [-0.2, -0.15) is 0 Å². The Bertz CT molecular complexity index is 192. The summed E-state index contributed by atoms with van der Waals surface area (Å²) in [6.07, 6.45) is 10.3. The summed E-state index contributed by atoms with van der Waals surface area (Å²) in [5.74, 6) is -0.256. The van der Waals surface area contributed by atoms with Gasteiger partial charge in [0.25, 0.3) is 0 Å². The first-order valence-corrected chi connectivity index (χ1v) is 5.79. The first-order chi connectivity index (χ1) is 6.85. The molecule has 0 aromatic rings. The first kappa shape index (κ1) is 10.2. The third-order valence-corrected chi connectivity index (χ3v) is 3.24. The fourth-order valence-electron chi connectivity index (χ4n) is 2.43. The Morgan fingerprint density at radius 2 is 2.00 bits per heavy atom. The highest BCUT2D eigenvalue weighted by molar-refractivity contribution is 4.88. The van der Waals surface area contributed by atoms with Gasteiger partial charge in [0.05, 0.1) is 12.7 Å². The molecule has 0 aromatic carbocycles. The van der Waals surface area contributed by atoms with Crippen LogP contribution in [0, 0.1) is 0 Å². The van der Waals surface area contributed by atoms with Gasteiger partial charge in [-0.3, -0.25) is 0 Å². The number of rotatable bonds is 1. The summed E-state index contributed by atoms with van der Waals surface area (Å²) in [4.78, 5) is 0. The maximum Gasteiger partial charge on any atom is 0.169 e. The average Bonchev–Trinajstić information content (AvgIpc) is 2.44. The van der Waals surface area contributed by atoms with E-state index >= 15 is 0 Å². The summed E-state index contributed by atoms with van der Waals surface area (Å²) in [6, 6.07) is 0. The van der Waals surface area contributed by atoms with Crippen molar-refractivity contribution in [3.05, 3.63) is 12.7 Å². The molecule has 0 saturated carbocycles. The van der Waals surface area contributed by atoms with E-state index in [1.54, 1.807) is 0 Å². The topological polar surface area (TPSA) is 18.5 Å². The van der Waals surface area contributed by atoms with E-state index in [0.717, 1.165) is 25.9 Å². The van der Waals surface area contributed by atoms with Gasteiger partial charge in [-0.25, -0.2) is 0 Å². The van der Waals surface area contributed by atoms with Crippen molar-refractivity contribution >= 4 is 0 Å². The summed E-state index contributed by atoms with van der Waals surface area (Å²) in [6.45, 7) is 4.67. The Labute approximate surface area is 86.3 Å². The standard InChI is InChI=1S/C12H20O2/c1-2-11-7-6-9-12(14-11)8-4-3-5-10-13-12/h2,11H,1,3-10H2/t11-,12+/m0/s1. The van der Waals surface area contributed by atoms with Crippen LogP contribution in [-0.2, 0) is 9.47 Å². The van der Waals surface area contributed by atoms with E-state index in [2.05, 4.69) is 6.58 Å². The minimum Gasteiger partial charge on any atom is -0.350 e. The Morgan fingerprint density at radius 3 is 2.86 bits per heavy atom. The Morgan fingerprint density at radius 1 is 1.14 bits per heavy atom.